The Morgan fingerprint density at radius 2 is 0.750 bits per heavy atom. The van der Waals surface area contributed by atoms with Gasteiger partial charge in [-0.1, -0.05) is 97.1 Å². The van der Waals surface area contributed by atoms with Crippen LogP contribution in [-0.4, -0.2) is 9.97 Å². The minimum absolute atomic E-state index is 1.16. The zero-order chi connectivity index (χ0) is 21.1. The van der Waals surface area contributed by atoms with Crippen LogP contribution in [-0.2, 0) is 0 Å². The third-order valence-electron chi connectivity index (χ3n) is 6.54. The highest BCUT2D eigenvalue weighted by Gasteiger charge is 2.23. The Kier molecular flexibility index (Phi) is 3.58. The predicted octanol–water partition coefficient (Wildman–Crippen LogP) is 8.29. The summed E-state index contributed by atoms with van der Waals surface area (Å²) in [4.78, 5) is 7.58. The Hall–Kier alpha value is -4.30. The maximum atomic E-state index is 3.79. The van der Waals surface area contributed by atoms with E-state index < -0.39 is 0 Å². The number of hydrogen-bond acceptors (Lipinski definition) is 0. The molecule has 0 saturated carbocycles. The first-order valence-electron chi connectivity index (χ1n) is 11.0. The normalized spacial score (nSPS) is 11.8. The Bertz CT molecular complexity index is 1620. The highest BCUT2D eigenvalue weighted by atomic mass is 14.7. The second-order valence-electron chi connectivity index (χ2n) is 8.32. The van der Waals surface area contributed by atoms with E-state index in [4.69, 9.17) is 0 Å². The summed E-state index contributed by atoms with van der Waals surface area (Å²) < 4.78 is 0. The van der Waals surface area contributed by atoms with E-state index in [0.717, 1.165) is 11.0 Å². The van der Waals surface area contributed by atoms with Gasteiger partial charge in [-0.3, -0.25) is 0 Å². The highest BCUT2D eigenvalue weighted by molar-refractivity contribution is 6.31. The zero-order valence-corrected chi connectivity index (χ0v) is 17.4. The van der Waals surface area contributed by atoms with Crippen LogP contribution >= 0.6 is 0 Å². The number of H-pyrrole nitrogens is 2. The van der Waals surface area contributed by atoms with E-state index in [2.05, 4.69) is 119 Å². The molecule has 0 aliphatic rings. The summed E-state index contributed by atoms with van der Waals surface area (Å²) in [6, 6.07) is 38.7. The van der Waals surface area contributed by atoms with Gasteiger partial charge in [0.1, 0.15) is 0 Å². The number of nitrogens with one attached hydrogen (secondary N) is 2. The molecule has 2 heterocycles. The maximum absolute atomic E-state index is 3.79. The van der Waals surface area contributed by atoms with Crippen LogP contribution in [0.3, 0.4) is 0 Å². The molecule has 2 nitrogen and oxygen atoms in total. The smallest absolute Gasteiger partial charge is 0.0558 e. The van der Waals surface area contributed by atoms with E-state index in [1.807, 2.05) is 0 Å². The SMILES string of the molecule is c1ccc(-c2c3[nH]c4ccccc4c3c(-c3ccccc3)c3[nH]c4ccccc4c23)cc1. The Balaban J connectivity index is 1.83. The third kappa shape index (κ3) is 2.35. The van der Waals surface area contributed by atoms with E-state index in [9.17, 15) is 0 Å². The van der Waals surface area contributed by atoms with E-state index in [0.29, 0.717) is 0 Å². The molecule has 0 bridgehead atoms. The van der Waals surface area contributed by atoms with Gasteiger partial charge in [-0.25, -0.2) is 0 Å². The van der Waals surface area contributed by atoms with Crippen LogP contribution in [0.25, 0.3) is 65.9 Å². The molecule has 2 heteroatoms. The lowest BCUT2D eigenvalue weighted by Gasteiger charge is -2.13. The summed E-state index contributed by atoms with van der Waals surface area (Å²) in [6.07, 6.45) is 0. The maximum Gasteiger partial charge on any atom is 0.0558 e. The minimum Gasteiger partial charge on any atom is -0.354 e. The quantitative estimate of drug-likeness (QED) is 0.288. The van der Waals surface area contributed by atoms with Gasteiger partial charge >= 0.3 is 0 Å². The lowest BCUT2D eigenvalue weighted by atomic mass is 9.90. The second kappa shape index (κ2) is 6.60. The molecule has 2 N–H and O–H groups in total. The topological polar surface area (TPSA) is 31.6 Å². The van der Waals surface area contributed by atoms with E-state index in [1.54, 1.807) is 0 Å². The van der Waals surface area contributed by atoms with Crippen molar-refractivity contribution in [1.29, 1.82) is 0 Å². The summed E-state index contributed by atoms with van der Waals surface area (Å²) in [5.74, 6) is 0. The van der Waals surface area contributed by atoms with E-state index >= 15 is 0 Å². The van der Waals surface area contributed by atoms with Crippen molar-refractivity contribution in [2.45, 2.75) is 0 Å². The molecule has 0 spiro atoms. The van der Waals surface area contributed by atoms with E-state index in [1.165, 1.54) is 54.8 Å². The highest BCUT2D eigenvalue weighted by Crippen LogP contribution is 2.47. The molecule has 0 radical (unpaired) electrons. The van der Waals surface area contributed by atoms with Crippen LogP contribution in [0.1, 0.15) is 0 Å². The first kappa shape index (κ1) is 17.4. The molecular formula is C30H20N2. The minimum atomic E-state index is 1.16. The lowest BCUT2D eigenvalue weighted by molar-refractivity contribution is 1.53. The molecule has 0 aliphatic heterocycles. The van der Waals surface area contributed by atoms with Crippen LogP contribution in [0.4, 0.5) is 0 Å². The van der Waals surface area contributed by atoms with Crippen molar-refractivity contribution in [3.63, 3.8) is 0 Å². The first-order valence-corrected chi connectivity index (χ1v) is 11.0. The molecule has 7 aromatic rings. The zero-order valence-electron chi connectivity index (χ0n) is 17.4. The van der Waals surface area contributed by atoms with Gasteiger partial charge in [0.2, 0.25) is 0 Å². The molecular weight excluding hydrogens is 388 g/mol. The number of benzene rings is 5. The number of para-hydroxylation sites is 2. The molecule has 0 saturated heterocycles. The number of fused-ring (bicyclic) bond motifs is 6. The van der Waals surface area contributed by atoms with Gasteiger partial charge in [0.15, 0.2) is 0 Å². The van der Waals surface area contributed by atoms with Crippen molar-refractivity contribution in [3.05, 3.63) is 109 Å². The summed E-state index contributed by atoms with van der Waals surface area (Å²) in [6.45, 7) is 0. The van der Waals surface area contributed by atoms with Gasteiger partial charge in [-0.05, 0) is 23.3 Å². The number of aromatic nitrogens is 2. The molecule has 0 fully saturated rings. The summed E-state index contributed by atoms with van der Waals surface area (Å²) in [5.41, 5.74) is 9.65. The summed E-state index contributed by atoms with van der Waals surface area (Å²) >= 11 is 0. The standard InChI is InChI=1S/C30H20N2/c1-3-11-19(12-4-1)25-27-21-15-7-9-17-23(21)32-30(27)26(20-13-5-2-6-14-20)28-22-16-8-10-18-24(22)31-29(25)28/h1-18,31-32H. The van der Waals surface area contributed by atoms with Crippen LogP contribution in [0.5, 0.6) is 0 Å². The van der Waals surface area contributed by atoms with Crippen molar-refractivity contribution in [2.24, 2.45) is 0 Å². The van der Waals surface area contributed by atoms with Crippen molar-refractivity contribution in [1.82, 2.24) is 9.97 Å². The van der Waals surface area contributed by atoms with Crippen LogP contribution in [0.2, 0.25) is 0 Å². The van der Waals surface area contributed by atoms with Crippen molar-refractivity contribution in [2.75, 3.05) is 0 Å². The van der Waals surface area contributed by atoms with Gasteiger partial charge in [-0.15, -0.1) is 0 Å². The Morgan fingerprint density at radius 1 is 0.375 bits per heavy atom. The monoisotopic (exact) mass is 408 g/mol. The fourth-order valence-electron chi connectivity index (χ4n) is 5.22. The molecule has 0 unspecified atom stereocenters. The van der Waals surface area contributed by atoms with Crippen molar-refractivity contribution in [3.8, 4) is 22.3 Å². The third-order valence-corrected chi connectivity index (χ3v) is 6.54. The number of aromatic amines is 2. The van der Waals surface area contributed by atoms with Crippen molar-refractivity contribution < 1.29 is 0 Å². The molecule has 2 aromatic heterocycles. The lowest BCUT2D eigenvalue weighted by Crippen LogP contribution is -1.88. The molecule has 0 aliphatic carbocycles. The summed E-state index contributed by atoms with van der Waals surface area (Å²) in [5, 5.41) is 5.03. The number of rotatable bonds is 2. The fourth-order valence-corrected chi connectivity index (χ4v) is 5.22. The molecule has 7 rings (SSSR count). The number of hydrogen-bond donors (Lipinski definition) is 2. The average Bonchev–Trinajstić information content (AvgIpc) is 3.42. The van der Waals surface area contributed by atoms with Gasteiger partial charge in [0, 0.05) is 43.7 Å². The van der Waals surface area contributed by atoms with Gasteiger partial charge in [0.25, 0.3) is 0 Å². The van der Waals surface area contributed by atoms with Crippen LogP contribution in [0.15, 0.2) is 109 Å². The second-order valence-corrected chi connectivity index (χ2v) is 8.32. The van der Waals surface area contributed by atoms with E-state index in [-0.39, 0.29) is 0 Å². The summed E-state index contributed by atoms with van der Waals surface area (Å²) in [7, 11) is 0. The molecule has 32 heavy (non-hydrogen) atoms. The average molecular weight is 409 g/mol. The van der Waals surface area contributed by atoms with Gasteiger partial charge in [0.05, 0.1) is 11.0 Å². The predicted molar refractivity (Wildman–Crippen MR) is 136 cm³/mol. The largest absolute Gasteiger partial charge is 0.354 e. The van der Waals surface area contributed by atoms with Gasteiger partial charge < -0.3 is 9.97 Å². The Morgan fingerprint density at radius 3 is 1.19 bits per heavy atom. The van der Waals surface area contributed by atoms with Gasteiger partial charge in [-0.2, -0.15) is 0 Å². The first-order chi connectivity index (χ1) is 15.9. The van der Waals surface area contributed by atoms with Crippen LogP contribution < -0.4 is 0 Å². The molecule has 0 amide bonds. The van der Waals surface area contributed by atoms with Crippen molar-refractivity contribution >= 4 is 43.6 Å². The Labute approximate surface area is 185 Å². The fraction of sp³-hybridized carbons (Fsp3) is 0. The molecule has 5 aromatic carbocycles. The van der Waals surface area contributed by atoms with Crippen LogP contribution in [0, 0.1) is 0 Å². The molecule has 150 valence electrons. The molecule has 0 atom stereocenters.